The molecule has 0 heterocycles. The lowest BCUT2D eigenvalue weighted by molar-refractivity contribution is -0.543. The second kappa shape index (κ2) is 8.05. The largest absolute Gasteiger partial charge is 0.396 e. The molecule has 0 spiro atoms. The summed E-state index contributed by atoms with van der Waals surface area (Å²) >= 11 is 0. The van der Waals surface area contributed by atoms with Crippen molar-refractivity contribution in [2.24, 2.45) is 5.92 Å². The van der Waals surface area contributed by atoms with E-state index in [0.717, 1.165) is 12.8 Å². The summed E-state index contributed by atoms with van der Waals surface area (Å²) in [6.45, 7) is 8.53. The minimum Gasteiger partial charge on any atom is -0.396 e. The first kappa shape index (κ1) is 14.8. The Morgan fingerprint density at radius 2 is 1.80 bits per heavy atom. The Morgan fingerprint density at radius 3 is 2.27 bits per heavy atom. The first-order valence-electron chi connectivity index (χ1n) is 5.63. The predicted octanol–water partition coefficient (Wildman–Crippen LogP) is 2.46. The van der Waals surface area contributed by atoms with Gasteiger partial charge in [0.1, 0.15) is 5.60 Å². The van der Waals surface area contributed by atoms with Gasteiger partial charge in [-0.3, -0.25) is 0 Å². The molecule has 0 saturated heterocycles. The fourth-order valence-corrected chi connectivity index (χ4v) is 1.08. The van der Waals surface area contributed by atoms with E-state index < -0.39 is 5.60 Å². The Labute approximate surface area is 92.4 Å². The number of hydrogen-bond donors (Lipinski definition) is 1. The third-order valence-corrected chi connectivity index (χ3v) is 2.48. The van der Waals surface area contributed by atoms with Gasteiger partial charge in [-0.15, -0.1) is 0 Å². The van der Waals surface area contributed by atoms with Gasteiger partial charge in [0.15, 0.2) is 0 Å². The van der Waals surface area contributed by atoms with Crippen molar-refractivity contribution in [3.63, 3.8) is 0 Å². The van der Waals surface area contributed by atoms with Gasteiger partial charge in [0.2, 0.25) is 0 Å². The van der Waals surface area contributed by atoms with Gasteiger partial charge in [-0.1, -0.05) is 31.7 Å². The summed E-state index contributed by atoms with van der Waals surface area (Å²) in [5.74, 6) is 0.509. The summed E-state index contributed by atoms with van der Waals surface area (Å²) in [6, 6.07) is 0. The molecule has 0 aromatic carbocycles. The normalized spacial score (nSPS) is 12.4. The van der Waals surface area contributed by atoms with Crippen LogP contribution in [0.25, 0.3) is 0 Å². The Hall–Kier alpha value is -0.160. The molecule has 15 heavy (non-hydrogen) atoms. The third kappa shape index (κ3) is 7.73. The lowest BCUT2D eigenvalue weighted by atomic mass is 10.1. The molecular weight excluding hydrogens is 196 g/mol. The highest BCUT2D eigenvalue weighted by Crippen LogP contribution is 2.15. The highest BCUT2D eigenvalue weighted by atomic mass is 17.5. The molecule has 0 unspecified atom stereocenters. The summed E-state index contributed by atoms with van der Waals surface area (Å²) in [7, 11) is 0. The fourth-order valence-electron chi connectivity index (χ4n) is 1.08. The minimum absolute atomic E-state index is 0.0723. The van der Waals surface area contributed by atoms with E-state index in [2.05, 4.69) is 18.9 Å². The van der Waals surface area contributed by atoms with Crippen molar-refractivity contribution in [3.05, 3.63) is 0 Å². The standard InChI is InChI=1S/C11H24O4/c1-5-10(6-2)9-13-15-14-11(3,4)7-8-12/h10,12H,5-9H2,1-4H3. The summed E-state index contributed by atoms with van der Waals surface area (Å²) in [5.41, 5.74) is -0.511. The smallest absolute Gasteiger partial charge is 0.103 e. The van der Waals surface area contributed by atoms with Crippen LogP contribution in [0.15, 0.2) is 0 Å². The van der Waals surface area contributed by atoms with Gasteiger partial charge in [0, 0.05) is 13.0 Å². The molecule has 0 rings (SSSR count). The molecule has 0 bridgehead atoms. The van der Waals surface area contributed by atoms with E-state index in [1.165, 1.54) is 0 Å². The van der Waals surface area contributed by atoms with Gasteiger partial charge < -0.3 is 5.11 Å². The van der Waals surface area contributed by atoms with Crippen LogP contribution in [-0.4, -0.2) is 23.9 Å². The molecule has 0 atom stereocenters. The van der Waals surface area contributed by atoms with Crippen LogP contribution < -0.4 is 0 Å². The second-order valence-corrected chi connectivity index (χ2v) is 4.35. The van der Waals surface area contributed by atoms with Crippen molar-refractivity contribution in [2.45, 2.75) is 52.6 Å². The molecule has 0 aliphatic carbocycles. The van der Waals surface area contributed by atoms with Gasteiger partial charge in [0.05, 0.1) is 6.61 Å². The first-order valence-corrected chi connectivity index (χ1v) is 5.63. The number of rotatable bonds is 9. The summed E-state index contributed by atoms with van der Waals surface area (Å²) in [6.07, 6.45) is 2.65. The first-order chi connectivity index (χ1) is 7.05. The molecule has 0 amide bonds. The molecule has 0 radical (unpaired) electrons. The quantitative estimate of drug-likeness (QED) is 0.368. The molecule has 0 aromatic heterocycles. The van der Waals surface area contributed by atoms with Gasteiger partial charge in [0.25, 0.3) is 0 Å². The van der Waals surface area contributed by atoms with E-state index in [1.807, 2.05) is 13.8 Å². The van der Waals surface area contributed by atoms with E-state index in [1.54, 1.807) is 0 Å². The maximum Gasteiger partial charge on any atom is 0.103 e. The van der Waals surface area contributed by atoms with E-state index in [4.69, 9.17) is 14.9 Å². The van der Waals surface area contributed by atoms with E-state index in [9.17, 15) is 0 Å². The average molecular weight is 220 g/mol. The lowest BCUT2D eigenvalue weighted by Crippen LogP contribution is -2.26. The zero-order valence-corrected chi connectivity index (χ0v) is 10.3. The topological polar surface area (TPSA) is 47.9 Å². The van der Waals surface area contributed by atoms with Crippen molar-refractivity contribution in [1.29, 1.82) is 0 Å². The van der Waals surface area contributed by atoms with Gasteiger partial charge in [-0.25, -0.2) is 9.78 Å². The van der Waals surface area contributed by atoms with Crippen LogP contribution in [0.2, 0.25) is 0 Å². The maximum atomic E-state index is 8.75. The van der Waals surface area contributed by atoms with Crippen molar-refractivity contribution in [2.75, 3.05) is 13.2 Å². The highest BCUT2D eigenvalue weighted by Gasteiger charge is 2.19. The molecular formula is C11H24O4. The van der Waals surface area contributed by atoms with Crippen LogP contribution >= 0.6 is 0 Å². The minimum atomic E-state index is -0.511. The van der Waals surface area contributed by atoms with Crippen LogP contribution in [0.3, 0.4) is 0 Å². The zero-order chi connectivity index (χ0) is 11.7. The summed E-state index contributed by atoms with van der Waals surface area (Å²) in [5, 5.41) is 13.4. The predicted molar refractivity (Wildman–Crippen MR) is 58.0 cm³/mol. The molecule has 0 aromatic rings. The van der Waals surface area contributed by atoms with Crippen LogP contribution in [-0.2, 0) is 14.8 Å². The Balaban J connectivity index is 3.52. The molecule has 0 aliphatic heterocycles. The van der Waals surface area contributed by atoms with Crippen LogP contribution in [0.4, 0.5) is 0 Å². The summed E-state index contributed by atoms with van der Waals surface area (Å²) in [4.78, 5) is 9.98. The highest BCUT2D eigenvalue weighted by molar-refractivity contribution is 4.64. The fraction of sp³-hybridized carbons (Fsp3) is 1.00. The molecule has 0 saturated carbocycles. The summed E-state index contributed by atoms with van der Waals surface area (Å²) < 4.78 is 0. The van der Waals surface area contributed by atoms with E-state index >= 15 is 0 Å². The number of aliphatic hydroxyl groups excluding tert-OH is 1. The van der Waals surface area contributed by atoms with Crippen molar-refractivity contribution in [1.82, 2.24) is 0 Å². The van der Waals surface area contributed by atoms with Crippen LogP contribution in [0, 0.1) is 5.92 Å². The van der Waals surface area contributed by atoms with Crippen molar-refractivity contribution < 1.29 is 19.9 Å². The van der Waals surface area contributed by atoms with E-state index in [0.29, 0.717) is 18.9 Å². The lowest BCUT2D eigenvalue weighted by Gasteiger charge is -2.21. The Morgan fingerprint density at radius 1 is 1.20 bits per heavy atom. The molecule has 92 valence electrons. The maximum absolute atomic E-state index is 8.75. The van der Waals surface area contributed by atoms with Crippen molar-refractivity contribution in [3.8, 4) is 0 Å². The second-order valence-electron chi connectivity index (χ2n) is 4.35. The number of aliphatic hydroxyl groups is 1. The molecule has 0 aliphatic rings. The van der Waals surface area contributed by atoms with Crippen molar-refractivity contribution >= 4 is 0 Å². The monoisotopic (exact) mass is 220 g/mol. The Bertz CT molecular complexity index is 144. The number of hydrogen-bond acceptors (Lipinski definition) is 4. The molecule has 0 fully saturated rings. The zero-order valence-electron chi connectivity index (χ0n) is 10.3. The Kier molecular flexibility index (Phi) is 7.96. The van der Waals surface area contributed by atoms with Gasteiger partial charge in [-0.05, 0) is 19.8 Å². The third-order valence-electron chi connectivity index (χ3n) is 2.48. The molecule has 4 nitrogen and oxygen atoms in total. The van der Waals surface area contributed by atoms with Crippen LogP contribution in [0.5, 0.6) is 0 Å². The molecule has 1 N–H and O–H groups in total. The van der Waals surface area contributed by atoms with E-state index in [-0.39, 0.29) is 6.61 Å². The SMILES string of the molecule is CCC(CC)COOOC(C)(C)CCO. The van der Waals surface area contributed by atoms with Gasteiger partial charge >= 0.3 is 0 Å². The average Bonchev–Trinajstić information content (AvgIpc) is 2.18. The van der Waals surface area contributed by atoms with Crippen LogP contribution in [0.1, 0.15) is 47.0 Å². The molecule has 4 heteroatoms. The van der Waals surface area contributed by atoms with Gasteiger partial charge in [-0.2, -0.15) is 0 Å².